The van der Waals surface area contributed by atoms with Gasteiger partial charge in [0.2, 0.25) is 5.60 Å². The van der Waals surface area contributed by atoms with Crippen molar-refractivity contribution in [3.8, 4) is 0 Å². The predicted octanol–water partition coefficient (Wildman–Crippen LogP) is 1.60. The summed E-state index contributed by atoms with van der Waals surface area (Å²) in [5, 5.41) is 0. The van der Waals surface area contributed by atoms with Crippen LogP contribution in [-0.2, 0) is 44.5 Å². The van der Waals surface area contributed by atoms with Crippen molar-refractivity contribution >= 4 is 24.2 Å². The maximum Gasteiger partial charge on any atom is 0.345 e. The number of aldehydes is 1. The van der Waals surface area contributed by atoms with Crippen LogP contribution in [0.15, 0.2) is 22.6 Å². The third kappa shape index (κ3) is 3.31. The van der Waals surface area contributed by atoms with E-state index in [4.69, 9.17) is 28.1 Å². The van der Waals surface area contributed by atoms with Crippen LogP contribution in [0.4, 0.5) is 0 Å². The minimum atomic E-state index is -1.44. The van der Waals surface area contributed by atoms with E-state index in [-0.39, 0.29) is 24.0 Å². The van der Waals surface area contributed by atoms with Crippen LogP contribution in [0.2, 0.25) is 0 Å². The van der Waals surface area contributed by atoms with Gasteiger partial charge < -0.3 is 28.1 Å². The highest BCUT2D eigenvalue weighted by Crippen LogP contribution is 2.59. The second kappa shape index (κ2) is 7.26. The molecule has 1 aromatic rings. The third-order valence-electron chi connectivity index (χ3n) is 6.98. The Hall–Kier alpha value is -2.98. The summed E-state index contributed by atoms with van der Waals surface area (Å²) in [4.78, 5) is 48.9. The van der Waals surface area contributed by atoms with Crippen molar-refractivity contribution in [3.05, 3.63) is 35.3 Å². The van der Waals surface area contributed by atoms with Crippen LogP contribution < -0.4 is 0 Å². The van der Waals surface area contributed by atoms with Gasteiger partial charge in [0.15, 0.2) is 0 Å². The van der Waals surface area contributed by atoms with Gasteiger partial charge in [-0.15, -0.1) is 0 Å². The van der Waals surface area contributed by atoms with E-state index >= 15 is 0 Å². The molecule has 0 unspecified atom stereocenters. The monoisotopic (exact) mass is 460 g/mol. The number of furan rings is 1. The number of methoxy groups -OCH3 is 1. The smallest absolute Gasteiger partial charge is 0.345 e. The van der Waals surface area contributed by atoms with E-state index in [0.29, 0.717) is 24.2 Å². The summed E-state index contributed by atoms with van der Waals surface area (Å²) in [6.45, 7) is 6.90. The van der Waals surface area contributed by atoms with Crippen LogP contribution in [0.3, 0.4) is 0 Å². The number of hydrogen-bond donors (Lipinski definition) is 0. The van der Waals surface area contributed by atoms with Crippen molar-refractivity contribution < 1.29 is 47.3 Å². The zero-order chi connectivity index (χ0) is 23.7. The predicted molar refractivity (Wildman–Crippen MR) is 107 cm³/mol. The van der Waals surface area contributed by atoms with Gasteiger partial charge in [0.05, 0.1) is 7.11 Å². The molecule has 176 valence electrons. The van der Waals surface area contributed by atoms with Gasteiger partial charge >= 0.3 is 17.9 Å². The van der Waals surface area contributed by atoms with Gasteiger partial charge in [0.25, 0.3) is 0 Å². The Morgan fingerprint density at radius 2 is 2.06 bits per heavy atom. The molecular formula is C23H24O10. The minimum absolute atomic E-state index is 0.0450. The van der Waals surface area contributed by atoms with E-state index in [0.717, 1.165) is 0 Å². The van der Waals surface area contributed by atoms with Gasteiger partial charge in [-0.1, -0.05) is 6.58 Å². The van der Waals surface area contributed by atoms with Gasteiger partial charge in [-0.2, -0.15) is 0 Å². The van der Waals surface area contributed by atoms with E-state index in [9.17, 15) is 19.2 Å². The lowest BCUT2D eigenvalue weighted by molar-refractivity contribution is -0.165. The highest BCUT2D eigenvalue weighted by atomic mass is 16.7. The number of ether oxygens (including phenoxy) is 5. The average molecular weight is 460 g/mol. The summed E-state index contributed by atoms with van der Waals surface area (Å²) in [5.74, 6) is -1.69. The number of rotatable bonds is 4. The number of fused-ring (bicyclic) bond motifs is 4. The molecule has 4 aliphatic rings. The molecule has 1 aromatic heterocycles. The lowest BCUT2D eigenvalue weighted by atomic mass is 9.83. The Kier molecular flexibility index (Phi) is 4.81. The molecule has 0 spiro atoms. The molecule has 0 saturated carbocycles. The average Bonchev–Trinajstić information content (AvgIpc) is 3.59. The fourth-order valence-corrected chi connectivity index (χ4v) is 5.14. The number of allylic oxidation sites excluding steroid dienone is 1. The van der Waals surface area contributed by atoms with E-state index < -0.39 is 59.4 Å². The largest absolute Gasteiger partial charge is 0.465 e. The Bertz CT molecular complexity index is 1070. The van der Waals surface area contributed by atoms with E-state index in [1.807, 2.05) is 6.92 Å². The molecule has 5 heterocycles. The Morgan fingerprint density at radius 1 is 1.30 bits per heavy atom. The van der Waals surface area contributed by atoms with Crippen molar-refractivity contribution in [1.29, 1.82) is 0 Å². The number of esters is 3. The standard InChI is InChI=1S/C23H24O10/c1-10(9-24)12-5-14-13(20(26)28-4)7-15(30-14)18-22(3,32-18)8-16-19-23(33-19,21(27)31-16)17(6-12)29-11(2)25/h7,9,12,16-19H,1,5-6,8H2,2-4H3/t12-,16+,17+,18-,19+,22-,23+/m1/s1. The minimum Gasteiger partial charge on any atom is -0.465 e. The second-order valence-corrected chi connectivity index (χ2v) is 9.19. The highest BCUT2D eigenvalue weighted by Gasteiger charge is 2.79. The van der Waals surface area contributed by atoms with Gasteiger partial charge in [-0.05, 0) is 30.9 Å². The fourth-order valence-electron chi connectivity index (χ4n) is 5.14. The first-order valence-electron chi connectivity index (χ1n) is 10.7. The molecule has 0 aliphatic carbocycles. The maximum atomic E-state index is 12.9. The molecule has 0 aromatic carbocycles. The molecular weight excluding hydrogens is 436 g/mol. The zero-order valence-corrected chi connectivity index (χ0v) is 18.5. The number of carbonyl (C=O) groups excluding carboxylic acids is 4. The van der Waals surface area contributed by atoms with Crippen LogP contribution >= 0.6 is 0 Å². The first-order chi connectivity index (χ1) is 15.6. The maximum absolute atomic E-state index is 12.9. The molecule has 33 heavy (non-hydrogen) atoms. The Labute approximate surface area is 189 Å². The SMILES string of the molecule is C=C(C=O)[C@@H]1Cc2oc(cc2C(=O)OC)[C@H]2O[C@]2(C)C[C@@H]2OC(=O)[C@]3(O[C@@H]23)[C@@H](OC(C)=O)C1. The quantitative estimate of drug-likeness (QED) is 0.214. The topological polar surface area (TPSA) is 134 Å². The van der Waals surface area contributed by atoms with Gasteiger partial charge in [0.1, 0.15) is 53.4 Å². The van der Waals surface area contributed by atoms with E-state index in [1.165, 1.54) is 14.0 Å². The van der Waals surface area contributed by atoms with Crippen LogP contribution in [0.1, 0.15) is 54.7 Å². The summed E-state index contributed by atoms with van der Waals surface area (Å²) in [5.41, 5.74) is -1.73. The van der Waals surface area contributed by atoms with Gasteiger partial charge in [-0.25, -0.2) is 9.59 Å². The zero-order valence-electron chi connectivity index (χ0n) is 18.5. The van der Waals surface area contributed by atoms with Crippen LogP contribution in [0.5, 0.6) is 0 Å². The molecule has 3 fully saturated rings. The van der Waals surface area contributed by atoms with Crippen LogP contribution in [0.25, 0.3) is 0 Å². The number of hydrogen-bond acceptors (Lipinski definition) is 10. The fraction of sp³-hybridized carbons (Fsp3) is 0.565. The van der Waals surface area contributed by atoms with Gasteiger partial charge in [0, 0.05) is 19.8 Å². The normalized spacial score (nSPS) is 38.3. The molecule has 0 N–H and O–H groups in total. The summed E-state index contributed by atoms with van der Waals surface area (Å²) < 4.78 is 33.8. The number of carbonyl (C=O) groups is 4. The lowest BCUT2D eigenvalue weighted by Gasteiger charge is -2.25. The molecule has 4 aliphatic heterocycles. The molecule has 0 amide bonds. The lowest BCUT2D eigenvalue weighted by Crippen LogP contribution is -2.42. The Morgan fingerprint density at radius 3 is 2.70 bits per heavy atom. The van der Waals surface area contributed by atoms with Crippen molar-refractivity contribution in [2.24, 2.45) is 5.92 Å². The summed E-state index contributed by atoms with van der Waals surface area (Å²) in [6.07, 6.45) is -1.62. The molecule has 10 nitrogen and oxygen atoms in total. The first kappa shape index (κ1) is 21.8. The van der Waals surface area contributed by atoms with E-state index in [2.05, 4.69) is 6.58 Å². The van der Waals surface area contributed by atoms with Gasteiger partial charge in [-0.3, -0.25) is 9.59 Å². The Balaban J connectivity index is 1.59. The molecule has 10 heteroatoms. The second-order valence-electron chi connectivity index (χ2n) is 9.19. The highest BCUT2D eigenvalue weighted by molar-refractivity contribution is 5.91. The van der Waals surface area contributed by atoms with Crippen molar-refractivity contribution in [1.82, 2.24) is 0 Å². The molecule has 0 radical (unpaired) electrons. The molecule has 7 atom stereocenters. The molecule has 4 bridgehead atoms. The van der Waals surface area contributed by atoms with Crippen molar-refractivity contribution in [3.63, 3.8) is 0 Å². The number of epoxide rings is 2. The summed E-state index contributed by atoms with van der Waals surface area (Å²) in [6, 6.07) is 1.58. The summed E-state index contributed by atoms with van der Waals surface area (Å²) in [7, 11) is 1.26. The molecule has 5 rings (SSSR count). The third-order valence-corrected chi connectivity index (χ3v) is 6.98. The van der Waals surface area contributed by atoms with Crippen molar-refractivity contribution in [2.45, 2.75) is 68.7 Å². The van der Waals surface area contributed by atoms with Crippen LogP contribution in [-0.4, -0.2) is 60.8 Å². The first-order valence-corrected chi connectivity index (χ1v) is 10.7. The van der Waals surface area contributed by atoms with E-state index in [1.54, 1.807) is 6.07 Å². The van der Waals surface area contributed by atoms with Crippen molar-refractivity contribution in [2.75, 3.05) is 7.11 Å². The van der Waals surface area contributed by atoms with Crippen LogP contribution in [0, 0.1) is 5.92 Å². The summed E-state index contributed by atoms with van der Waals surface area (Å²) >= 11 is 0. The molecule has 3 saturated heterocycles.